The molecule has 0 fully saturated rings. The second kappa shape index (κ2) is 6.64. The first kappa shape index (κ1) is 14.0. The molecular weight excluding hydrogens is 232 g/mol. The highest BCUT2D eigenvalue weighted by atomic mass is 16.4. The van der Waals surface area contributed by atoms with E-state index in [-0.39, 0.29) is 18.5 Å². The molecule has 3 N–H and O–H groups in total. The smallest absolute Gasteiger partial charge is 0.319 e. The number of benzene rings is 1. The molecule has 0 aliphatic heterocycles. The van der Waals surface area contributed by atoms with E-state index in [1.807, 2.05) is 26.0 Å². The van der Waals surface area contributed by atoms with Crippen LogP contribution in [0.25, 0.3) is 0 Å². The number of urea groups is 1. The number of nitrogens with one attached hydrogen (secondary N) is 2. The molecule has 0 aliphatic carbocycles. The maximum Gasteiger partial charge on any atom is 0.319 e. The van der Waals surface area contributed by atoms with Crippen LogP contribution >= 0.6 is 0 Å². The lowest BCUT2D eigenvalue weighted by Gasteiger charge is -2.10. The Morgan fingerprint density at radius 1 is 1.22 bits per heavy atom. The zero-order valence-electron chi connectivity index (χ0n) is 10.6. The van der Waals surface area contributed by atoms with E-state index in [4.69, 9.17) is 5.11 Å². The van der Waals surface area contributed by atoms with Crippen molar-refractivity contribution in [2.24, 2.45) is 0 Å². The minimum Gasteiger partial charge on any atom is -0.481 e. The van der Waals surface area contributed by atoms with Crippen LogP contribution in [0.1, 0.15) is 25.8 Å². The Bertz CT molecular complexity index is 413. The van der Waals surface area contributed by atoms with Crippen LogP contribution in [-0.4, -0.2) is 23.1 Å². The zero-order valence-corrected chi connectivity index (χ0v) is 10.6. The molecule has 5 heteroatoms. The van der Waals surface area contributed by atoms with Gasteiger partial charge in [-0.05, 0) is 38.0 Å². The highest BCUT2D eigenvalue weighted by Gasteiger charge is 2.03. The van der Waals surface area contributed by atoms with Gasteiger partial charge < -0.3 is 15.7 Å². The number of carbonyl (C=O) groups is 2. The second-order valence-electron chi connectivity index (χ2n) is 4.34. The van der Waals surface area contributed by atoms with Crippen molar-refractivity contribution in [1.82, 2.24) is 5.32 Å². The number of aliphatic carboxylic acids is 1. The van der Waals surface area contributed by atoms with Gasteiger partial charge in [-0.3, -0.25) is 4.79 Å². The van der Waals surface area contributed by atoms with Crippen molar-refractivity contribution in [1.29, 1.82) is 0 Å². The number of rotatable bonds is 5. The van der Waals surface area contributed by atoms with Gasteiger partial charge in [-0.2, -0.15) is 0 Å². The maximum atomic E-state index is 11.4. The standard InChI is InChI=1S/C13H18N2O3/c1-9(2)14-13(18)15-11-6-3-10(4-7-11)5-8-12(16)17/h3-4,6-7,9H,5,8H2,1-2H3,(H,16,17)(H2,14,15,18). The predicted molar refractivity (Wildman–Crippen MR) is 69.7 cm³/mol. The first-order valence-corrected chi connectivity index (χ1v) is 5.85. The molecule has 0 saturated carbocycles. The third-order valence-electron chi connectivity index (χ3n) is 2.26. The topological polar surface area (TPSA) is 78.4 Å². The summed E-state index contributed by atoms with van der Waals surface area (Å²) in [6.45, 7) is 3.77. The van der Waals surface area contributed by atoms with E-state index in [9.17, 15) is 9.59 Å². The molecule has 0 aromatic heterocycles. The molecule has 1 aromatic carbocycles. The van der Waals surface area contributed by atoms with Crippen molar-refractivity contribution in [3.8, 4) is 0 Å². The summed E-state index contributed by atoms with van der Waals surface area (Å²) in [6.07, 6.45) is 0.606. The number of amides is 2. The molecule has 1 rings (SSSR count). The van der Waals surface area contributed by atoms with Gasteiger partial charge in [-0.25, -0.2) is 4.79 Å². The van der Waals surface area contributed by atoms with Crippen LogP contribution in [0.2, 0.25) is 0 Å². The van der Waals surface area contributed by atoms with Crippen LogP contribution in [0, 0.1) is 0 Å². The number of hydrogen-bond acceptors (Lipinski definition) is 2. The van der Waals surface area contributed by atoms with Crippen LogP contribution in [0.15, 0.2) is 24.3 Å². The molecule has 0 saturated heterocycles. The number of aryl methyl sites for hydroxylation is 1. The predicted octanol–water partition coefficient (Wildman–Crippen LogP) is 2.23. The second-order valence-corrected chi connectivity index (χ2v) is 4.34. The lowest BCUT2D eigenvalue weighted by atomic mass is 10.1. The van der Waals surface area contributed by atoms with Crippen LogP contribution in [0.3, 0.4) is 0 Å². The van der Waals surface area contributed by atoms with E-state index in [0.29, 0.717) is 12.1 Å². The molecule has 18 heavy (non-hydrogen) atoms. The Morgan fingerprint density at radius 3 is 2.33 bits per heavy atom. The Hall–Kier alpha value is -2.04. The first-order valence-electron chi connectivity index (χ1n) is 5.85. The largest absolute Gasteiger partial charge is 0.481 e. The minimum atomic E-state index is -0.812. The summed E-state index contributed by atoms with van der Waals surface area (Å²) in [7, 11) is 0. The van der Waals surface area contributed by atoms with Crippen molar-refractivity contribution in [3.05, 3.63) is 29.8 Å². The van der Waals surface area contributed by atoms with Gasteiger partial charge in [-0.15, -0.1) is 0 Å². The fraction of sp³-hybridized carbons (Fsp3) is 0.385. The minimum absolute atomic E-state index is 0.0832. The van der Waals surface area contributed by atoms with E-state index in [0.717, 1.165) is 5.56 Å². The SMILES string of the molecule is CC(C)NC(=O)Nc1ccc(CCC(=O)O)cc1. The Morgan fingerprint density at radius 2 is 1.83 bits per heavy atom. The molecule has 98 valence electrons. The van der Waals surface area contributed by atoms with E-state index < -0.39 is 5.97 Å². The molecule has 2 amide bonds. The summed E-state index contributed by atoms with van der Waals surface area (Å²) >= 11 is 0. The molecule has 0 unspecified atom stereocenters. The quantitative estimate of drug-likeness (QED) is 0.749. The van der Waals surface area contributed by atoms with Gasteiger partial charge in [0.2, 0.25) is 0 Å². The molecule has 0 spiro atoms. The fourth-order valence-corrected chi connectivity index (χ4v) is 1.44. The van der Waals surface area contributed by atoms with Gasteiger partial charge in [-0.1, -0.05) is 12.1 Å². The van der Waals surface area contributed by atoms with Crippen LogP contribution in [0.4, 0.5) is 10.5 Å². The summed E-state index contributed by atoms with van der Waals surface area (Å²) in [4.78, 5) is 21.8. The molecule has 0 radical (unpaired) electrons. The number of carboxylic acid groups (broad SMARTS) is 1. The van der Waals surface area contributed by atoms with Crippen molar-refractivity contribution < 1.29 is 14.7 Å². The lowest BCUT2D eigenvalue weighted by Crippen LogP contribution is -2.34. The molecule has 0 heterocycles. The van der Waals surface area contributed by atoms with E-state index in [1.54, 1.807) is 12.1 Å². The van der Waals surface area contributed by atoms with Crippen molar-refractivity contribution in [3.63, 3.8) is 0 Å². The van der Waals surface area contributed by atoms with Crippen LogP contribution < -0.4 is 10.6 Å². The Labute approximate surface area is 106 Å². The van der Waals surface area contributed by atoms with Crippen LogP contribution in [-0.2, 0) is 11.2 Å². The molecular formula is C13H18N2O3. The van der Waals surface area contributed by atoms with Gasteiger partial charge in [0.05, 0.1) is 0 Å². The Balaban J connectivity index is 2.49. The lowest BCUT2D eigenvalue weighted by molar-refractivity contribution is -0.136. The third kappa shape index (κ3) is 5.34. The molecule has 0 atom stereocenters. The summed E-state index contributed by atoms with van der Waals surface area (Å²) in [5.74, 6) is -0.812. The molecule has 5 nitrogen and oxygen atoms in total. The number of carbonyl (C=O) groups excluding carboxylic acids is 1. The van der Waals surface area contributed by atoms with Gasteiger partial charge in [0, 0.05) is 18.2 Å². The molecule has 0 bridgehead atoms. The van der Waals surface area contributed by atoms with E-state index in [2.05, 4.69) is 10.6 Å². The average Bonchev–Trinajstić information content (AvgIpc) is 2.26. The van der Waals surface area contributed by atoms with Gasteiger partial charge in [0.25, 0.3) is 0 Å². The average molecular weight is 250 g/mol. The van der Waals surface area contributed by atoms with Gasteiger partial charge in [0.1, 0.15) is 0 Å². The van der Waals surface area contributed by atoms with Crippen molar-refractivity contribution in [2.75, 3.05) is 5.32 Å². The number of hydrogen-bond donors (Lipinski definition) is 3. The van der Waals surface area contributed by atoms with Crippen molar-refractivity contribution >= 4 is 17.7 Å². The fourth-order valence-electron chi connectivity index (χ4n) is 1.44. The van der Waals surface area contributed by atoms with Gasteiger partial charge in [0.15, 0.2) is 0 Å². The number of carboxylic acids is 1. The summed E-state index contributed by atoms with van der Waals surface area (Å²) in [5.41, 5.74) is 1.62. The highest BCUT2D eigenvalue weighted by Crippen LogP contribution is 2.11. The maximum absolute atomic E-state index is 11.4. The normalized spacial score (nSPS) is 10.2. The third-order valence-corrected chi connectivity index (χ3v) is 2.26. The Kier molecular flexibility index (Phi) is 5.17. The van der Waals surface area contributed by atoms with Gasteiger partial charge >= 0.3 is 12.0 Å². The number of anilines is 1. The zero-order chi connectivity index (χ0) is 13.5. The van der Waals surface area contributed by atoms with Crippen LogP contribution in [0.5, 0.6) is 0 Å². The van der Waals surface area contributed by atoms with Crippen molar-refractivity contribution in [2.45, 2.75) is 32.7 Å². The van der Waals surface area contributed by atoms with E-state index >= 15 is 0 Å². The summed E-state index contributed by atoms with van der Waals surface area (Å²) < 4.78 is 0. The summed E-state index contributed by atoms with van der Waals surface area (Å²) in [6, 6.07) is 6.99. The monoisotopic (exact) mass is 250 g/mol. The summed E-state index contributed by atoms with van der Waals surface area (Å²) in [5, 5.41) is 14.0. The molecule has 1 aromatic rings. The van der Waals surface area contributed by atoms with E-state index in [1.165, 1.54) is 0 Å². The molecule has 0 aliphatic rings. The highest BCUT2D eigenvalue weighted by molar-refractivity contribution is 5.89. The first-order chi connectivity index (χ1) is 8.47.